The van der Waals surface area contributed by atoms with E-state index in [0.29, 0.717) is 25.0 Å². The molecule has 3 fully saturated rings. The van der Waals surface area contributed by atoms with Crippen LogP contribution in [0.2, 0.25) is 0 Å². The van der Waals surface area contributed by atoms with E-state index in [1.54, 1.807) is 12.1 Å². The van der Waals surface area contributed by atoms with Crippen LogP contribution in [-0.2, 0) is 34.0 Å². The number of ether oxygens (including phenoxy) is 5. The van der Waals surface area contributed by atoms with Gasteiger partial charge in [-0.15, -0.1) is 0 Å². The minimum Gasteiger partial charge on any atom is -0.489 e. The van der Waals surface area contributed by atoms with Gasteiger partial charge in [0.2, 0.25) is 6.29 Å². The predicted molar refractivity (Wildman–Crippen MR) is 206 cm³/mol. The van der Waals surface area contributed by atoms with Gasteiger partial charge >= 0.3 is 5.97 Å². The third-order valence-electron chi connectivity index (χ3n) is 11.2. The predicted octanol–water partition coefficient (Wildman–Crippen LogP) is 7.84. The smallest absolute Gasteiger partial charge is 0.340 e. The summed E-state index contributed by atoms with van der Waals surface area (Å²) in [6, 6.07) is 32.2. The van der Waals surface area contributed by atoms with E-state index in [2.05, 4.69) is 18.8 Å². The van der Waals surface area contributed by atoms with Gasteiger partial charge in [0.15, 0.2) is 0 Å². The molecular formula is C46H50O9. The molecule has 4 aromatic carbocycles. The van der Waals surface area contributed by atoms with Crippen molar-refractivity contribution in [3.05, 3.63) is 131 Å². The normalized spacial score (nSPS) is 25.0. The summed E-state index contributed by atoms with van der Waals surface area (Å²) in [6.45, 7) is 2.71. The Morgan fingerprint density at radius 3 is 1.98 bits per heavy atom. The van der Waals surface area contributed by atoms with Gasteiger partial charge in [0.05, 0.1) is 19.3 Å². The van der Waals surface area contributed by atoms with E-state index < -0.39 is 47.7 Å². The average Bonchev–Trinajstić information content (AvgIpc) is 3.61. The summed E-state index contributed by atoms with van der Waals surface area (Å²) >= 11 is 0. The maximum absolute atomic E-state index is 13.0. The Balaban J connectivity index is 1.27. The van der Waals surface area contributed by atoms with Crippen LogP contribution >= 0.6 is 0 Å². The fourth-order valence-electron chi connectivity index (χ4n) is 8.24. The molecular weight excluding hydrogens is 696 g/mol. The number of carbonyl (C=O) groups is 1. The van der Waals surface area contributed by atoms with E-state index >= 15 is 0 Å². The lowest BCUT2D eigenvalue weighted by Gasteiger charge is -2.28. The first kappa shape index (κ1) is 38.6. The van der Waals surface area contributed by atoms with Gasteiger partial charge in [-0.3, -0.25) is 0 Å². The van der Waals surface area contributed by atoms with Crippen LogP contribution < -0.4 is 9.47 Å². The molecule has 7 rings (SSSR count). The van der Waals surface area contributed by atoms with Crippen LogP contribution in [0.1, 0.15) is 90.9 Å². The van der Waals surface area contributed by atoms with Gasteiger partial charge in [-0.25, -0.2) is 4.79 Å². The second-order valence-corrected chi connectivity index (χ2v) is 14.8. The molecule has 55 heavy (non-hydrogen) atoms. The van der Waals surface area contributed by atoms with E-state index in [1.165, 1.54) is 0 Å². The summed E-state index contributed by atoms with van der Waals surface area (Å²) in [5.41, 5.74) is 0.497. The van der Waals surface area contributed by atoms with Crippen molar-refractivity contribution in [1.82, 2.24) is 0 Å². The fourth-order valence-corrected chi connectivity index (χ4v) is 8.24. The van der Waals surface area contributed by atoms with Crippen LogP contribution in [0.15, 0.2) is 103 Å². The maximum atomic E-state index is 13.0. The molecule has 0 amide bonds. The van der Waals surface area contributed by atoms with Gasteiger partial charge in [0, 0.05) is 23.5 Å². The molecule has 9 nitrogen and oxygen atoms in total. The number of aromatic carboxylic acids is 1. The lowest BCUT2D eigenvalue weighted by molar-refractivity contribution is -0.157. The van der Waals surface area contributed by atoms with Gasteiger partial charge < -0.3 is 39.0 Å². The van der Waals surface area contributed by atoms with Crippen molar-refractivity contribution >= 4 is 5.97 Å². The molecule has 0 bridgehead atoms. The van der Waals surface area contributed by atoms with E-state index in [-0.39, 0.29) is 36.7 Å². The van der Waals surface area contributed by atoms with E-state index in [4.69, 9.17) is 23.7 Å². The number of unbranched alkanes of at least 4 members (excludes halogenated alkanes) is 3. The first-order chi connectivity index (χ1) is 26.8. The van der Waals surface area contributed by atoms with Crippen LogP contribution in [0.5, 0.6) is 11.5 Å². The molecule has 1 aliphatic heterocycles. The summed E-state index contributed by atoms with van der Waals surface area (Å²) in [4.78, 5) is 13.0. The lowest BCUT2D eigenvalue weighted by Crippen LogP contribution is -2.46. The zero-order valence-electron chi connectivity index (χ0n) is 31.3. The first-order valence-corrected chi connectivity index (χ1v) is 19.4. The Morgan fingerprint density at radius 1 is 0.818 bits per heavy atom. The van der Waals surface area contributed by atoms with Gasteiger partial charge in [0.25, 0.3) is 0 Å². The van der Waals surface area contributed by atoms with Gasteiger partial charge in [-0.2, -0.15) is 0 Å². The molecule has 4 aromatic rings. The molecule has 3 aliphatic rings. The van der Waals surface area contributed by atoms with Crippen molar-refractivity contribution in [1.29, 1.82) is 0 Å². The van der Waals surface area contributed by atoms with Crippen molar-refractivity contribution < 1.29 is 43.8 Å². The molecule has 3 N–H and O–H groups in total. The molecule has 288 valence electrons. The van der Waals surface area contributed by atoms with E-state index in [9.17, 15) is 20.1 Å². The summed E-state index contributed by atoms with van der Waals surface area (Å²) < 4.78 is 32.7. The van der Waals surface area contributed by atoms with Crippen molar-refractivity contribution in [2.24, 2.45) is 5.41 Å². The summed E-state index contributed by atoms with van der Waals surface area (Å²) in [5.74, 6) is 5.36. The molecule has 2 aliphatic carbocycles. The maximum Gasteiger partial charge on any atom is 0.340 e. The quantitative estimate of drug-likeness (QED) is 0.0778. The standard InChI is InChI=1S/C46H50O9/c1-2-3-4-5-15-24-35-27-36(51-29-32-18-9-6-10-19-32)28-37(38(35)42(47)48)54-43-40(53-31-34-22-13-8-14-23-34)39(52-30-33-20-11-7-12-21-33)41(55-43)46(50)44(49)45(46)25-16-17-26-45/h6-14,18-23,27-28,39-41,43-44,49-50H,2-5,16-17,25-26,29-31H2,1H3,(H,47,48)/t39-,40-,41-,43?,44?,46+/m1/s1. The zero-order chi connectivity index (χ0) is 38.3. The SMILES string of the molecule is CCCCCC#Cc1cc(OCc2ccccc2)cc(OC2O[C@@H]([C@]3(O)C(O)C34CCCC4)[C@H](OCc3ccccc3)[C@H]2OCc2ccccc2)c1C(=O)O. The van der Waals surface area contributed by atoms with Crippen LogP contribution in [0, 0.1) is 17.3 Å². The number of aliphatic hydroxyl groups excluding tert-OH is 1. The number of hydrogen-bond donors (Lipinski definition) is 3. The highest BCUT2D eigenvalue weighted by molar-refractivity contribution is 5.94. The van der Waals surface area contributed by atoms with Crippen LogP contribution in [0.4, 0.5) is 0 Å². The van der Waals surface area contributed by atoms with Crippen LogP contribution in [0.25, 0.3) is 0 Å². The van der Waals surface area contributed by atoms with Crippen molar-refractivity contribution in [2.75, 3.05) is 0 Å². The second-order valence-electron chi connectivity index (χ2n) is 14.8. The number of carboxylic acids is 1. The molecule has 2 saturated carbocycles. The summed E-state index contributed by atoms with van der Waals surface area (Å²) in [6.07, 6.45) is 1.52. The largest absolute Gasteiger partial charge is 0.489 e. The van der Waals surface area contributed by atoms with Crippen molar-refractivity contribution in [2.45, 2.75) is 114 Å². The highest BCUT2D eigenvalue weighted by atomic mass is 16.7. The minimum absolute atomic E-state index is 0.0180. The highest BCUT2D eigenvalue weighted by Crippen LogP contribution is 2.68. The Morgan fingerprint density at radius 2 is 1.40 bits per heavy atom. The number of aliphatic hydroxyl groups is 2. The zero-order valence-corrected chi connectivity index (χ0v) is 31.3. The molecule has 6 atom stereocenters. The summed E-state index contributed by atoms with van der Waals surface area (Å²) in [5, 5.41) is 34.5. The molecule has 2 unspecified atom stereocenters. The first-order valence-electron chi connectivity index (χ1n) is 19.4. The Kier molecular flexibility index (Phi) is 12.2. The van der Waals surface area contributed by atoms with Crippen LogP contribution in [0.3, 0.4) is 0 Å². The van der Waals surface area contributed by atoms with Gasteiger partial charge in [-0.1, -0.05) is 135 Å². The molecule has 1 saturated heterocycles. The monoisotopic (exact) mass is 746 g/mol. The molecule has 0 aromatic heterocycles. The molecule has 0 radical (unpaired) electrons. The number of carboxylic acid groups (broad SMARTS) is 1. The third kappa shape index (κ3) is 8.30. The van der Waals surface area contributed by atoms with E-state index in [0.717, 1.165) is 48.8 Å². The van der Waals surface area contributed by atoms with E-state index in [1.807, 2.05) is 91.0 Å². The number of benzene rings is 4. The Labute approximate surface area is 323 Å². The number of hydrogen-bond acceptors (Lipinski definition) is 8. The van der Waals surface area contributed by atoms with Crippen molar-refractivity contribution in [3.8, 4) is 23.3 Å². The average molecular weight is 747 g/mol. The molecule has 1 spiro atoms. The highest BCUT2D eigenvalue weighted by Gasteiger charge is 2.82. The Hall–Kier alpha value is -4.69. The topological polar surface area (TPSA) is 124 Å². The van der Waals surface area contributed by atoms with Gasteiger partial charge in [-0.05, 0) is 42.0 Å². The van der Waals surface area contributed by atoms with Crippen LogP contribution in [-0.4, -0.2) is 57.6 Å². The number of rotatable bonds is 16. The third-order valence-corrected chi connectivity index (χ3v) is 11.2. The molecule has 1 heterocycles. The lowest BCUT2D eigenvalue weighted by atomic mass is 9.92. The molecule has 9 heteroatoms. The summed E-state index contributed by atoms with van der Waals surface area (Å²) in [7, 11) is 0. The fraction of sp³-hybridized carbons (Fsp3) is 0.413. The van der Waals surface area contributed by atoms with Crippen molar-refractivity contribution in [3.63, 3.8) is 0 Å². The Bertz CT molecular complexity index is 1930. The second kappa shape index (κ2) is 17.4. The van der Waals surface area contributed by atoms with Gasteiger partial charge in [0.1, 0.15) is 47.6 Å². The minimum atomic E-state index is -1.62.